The summed E-state index contributed by atoms with van der Waals surface area (Å²) in [7, 11) is 0. The fourth-order valence-corrected chi connectivity index (χ4v) is 5.88. The van der Waals surface area contributed by atoms with E-state index in [1.54, 1.807) is 0 Å². The van der Waals surface area contributed by atoms with Gasteiger partial charge in [-0.1, -0.05) is 18.2 Å². The minimum absolute atomic E-state index is 0.317. The van der Waals surface area contributed by atoms with Gasteiger partial charge < -0.3 is 4.90 Å². The number of rotatable bonds is 3. The minimum Gasteiger partial charge on any atom is -0.309 e. The molecule has 1 aromatic carbocycles. The highest BCUT2D eigenvalue weighted by Crippen LogP contribution is 2.56. The maximum atomic E-state index is 13.1. The summed E-state index contributed by atoms with van der Waals surface area (Å²) in [5.41, 5.74) is 1.15. The monoisotopic (exact) mass is 295 g/mol. The lowest BCUT2D eigenvalue weighted by atomic mass is 9.53. The van der Waals surface area contributed by atoms with Crippen LogP contribution in [0.25, 0.3) is 0 Å². The number of hydrogen-bond donors (Lipinski definition) is 0. The molecule has 5 fully saturated rings. The highest BCUT2D eigenvalue weighted by molar-refractivity contribution is 5.97. The van der Waals surface area contributed by atoms with Crippen molar-refractivity contribution in [1.29, 1.82) is 0 Å². The lowest BCUT2D eigenvalue weighted by Crippen LogP contribution is -2.58. The SMILES string of the molecule is O=C(C1CC1)N(c1ccccc1)C1C2CC3CC(C2)CC1C3. The van der Waals surface area contributed by atoms with Crippen LogP contribution in [0.1, 0.15) is 44.9 Å². The van der Waals surface area contributed by atoms with Crippen molar-refractivity contribution in [1.82, 2.24) is 0 Å². The van der Waals surface area contributed by atoms with Crippen LogP contribution >= 0.6 is 0 Å². The van der Waals surface area contributed by atoms with Gasteiger partial charge >= 0.3 is 0 Å². The van der Waals surface area contributed by atoms with Crippen molar-refractivity contribution in [2.24, 2.45) is 29.6 Å². The van der Waals surface area contributed by atoms with Crippen molar-refractivity contribution in [2.45, 2.75) is 51.0 Å². The van der Waals surface area contributed by atoms with Crippen molar-refractivity contribution >= 4 is 11.6 Å². The fourth-order valence-electron chi connectivity index (χ4n) is 5.88. The van der Waals surface area contributed by atoms with Gasteiger partial charge in [-0.2, -0.15) is 0 Å². The van der Waals surface area contributed by atoms with Crippen molar-refractivity contribution in [3.8, 4) is 0 Å². The molecule has 0 spiro atoms. The summed E-state index contributed by atoms with van der Waals surface area (Å²) in [6, 6.07) is 11.0. The van der Waals surface area contributed by atoms with Gasteiger partial charge in [0.25, 0.3) is 0 Å². The molecule has 2 heteroatoms. The second kappa shape index (κ2) is 4.84. The molecule has 2 nitrogen and oxygen atoms in total. The van der Waals surface area contributed by atoms with Crippen LogP contribution in [0.3, 0.4) is 0 Å². The highest BCUT2D eigenvalue weighted by atomic mass is 16.2. The van der Waals surface area contributed by atoms with Crippen molar-refractivity contribution in [3.05, 3.63) is 30.3 Å². The van der Waals surface area contributed by atoms with Gasteiger partial charge in [0.15, 0.2) is 0 Å². The molecule has 0 radical (unpaired) electrons. The van der Waals surface area contributed by atoms with Gasteiger partial charge in [0, 0.05) is 17.6 Å². The molecule has 5 aliphatic carbocycles. The van der Waals surface area contributed by atoms with E-state index in [2.05, 4.69) is 35.2 Å². The third-order valence-electron chi connectivity index (χ3n) is 6.67. The van der Waals surface area contributed by atoms with Crippen LogP contribution in [0.2, 0.25) is 0 Å². The zero-order chi connectivity index (χ0) is 14.7. The van der Waals surface area contributed by atoms with Crippen molar-refractivity contribution in [2.75, 3.05) is 4.90 Å². The van der Waals surface area contributed by atoms with E-state index < -0.39 is 0 Å². The Morgan fingerprint density at radius 2 is 1.45 bits per heavy atom. The zero-order valence-corrected chi connectivity index (χ0v) is 13.2. The van der Waals surface area contributed by atoms with Crippen LogP contribution in [-0.4, -0.2) is 11.9 Å². The summed E-state index contributed by atoms with van der Waals surface area (Å²) in [6.07, 6.45) is 9.18. The van der Waals surface area contributed by atoms with E-state index >= 15 is 0 Å². The van der Waals surface area contributed by atoms with Gasteiger partial charge in [0.05, 0.1) is 0 Å². The Balaban J connectivity index is 1.52. The van der Waals surface area contributed by atoms with E-state index in [4.69, 9.17) is 0 Å². The average molecular weight is 295 g/mol. The molecule has 0 atom stereocenters. The maximum absolute atomic E-state index is 13.1. The summed E-state index contributed by atoms with van der Waals surface area (Å²) < 4.78 is 0. The molecule has 1 amide bonds. The second-order valence-electron chi connectivity index (χ2n) is 8.24. The third kappa shape index (κ3) is 2.03. The van der Waals surface area contributed by atoms with E-state index in [0.717, 1.165) is 42.2 Å². The molecular formula is C20H25NO. The zero-order valence-electron chi connectivity index (χ0n) is 13.2. The Bertz CT molecular complexity index is 549. The first-order valence-corrected chi connectivity index (χ1v) is 9.17. The number of nitrogens with zero attached hydrogens (tertiary/aromatic N) is 1. The summed E-state index contributed by atoms with van der Waals surface area (Å²) in [6.45, 7) is 0. The first kappa shape index (κ1) is 13.2. The Kier molecular flexibility index (Phi) is 2.90. The Morgan fingerprint density at radius 3 is 2.00 bits per heavy atom. The quantitative estimate of drug-likeness (QED) is 0.816. The van der Waals surface area contributed by atoms with Gasteiger partial charge in [-0.3, -0.25) is 4.79 Å². The van der Waals surface area contributed by atoms with Gasteiger partial charge in [-0.05, 0) is 80.8 Å². The van der Waals surface area contributed by atoms with Gasteiger partial charge in [0.1, 0.15) is 0 Å². The number of para-hydroxylation sites is 1. The normalized spacial score (nSPS) is 39.0. The number of anilines is 1. The van der Waals surface area contributed by atoms with E-state index in [0.29, 0.717) is 17.9 Å². The van der Waals surface area contributed by atoms with E-state index in [-0.39, 0.29) is 0 Å². The predicted octanol–water partition coefficient (Wildman–Crippen LogP) is 4.25. The summed E-state index contributed by atoms with van der Waals surface area (Å²) in [4.78, 5) is 15.3. The van der Waals surface area contributed by atoms with Crippen molar-refractivity contribution in [3.63, 3.8) is 0 Å². The molecule has 5 aliphatic rings. The lowest BCUT2D eigenvalue weighted by Gasteiger charge is -2.57. The molecule has 6 rings (SSSR count). The minimum atomic E-state index is 0.317. The molecule has 0 saturated heterocycles. The molecule has 4 bridgehead atoms. The molecule has 0 heterocycles. The molecular weight excluding hydrogens is 270 g/mol. The van der Waals surface area contributed by atoms with E-state index in [1.807, 2.05) is 0 Å². The topological polar surface area (TPSA) is 20.3 Å². The van der Waals surface area contributed by atoms with Crippen LogP contribution in [0.5, 0.6) is 0 Å². The van der Waals surface area contributed by atoms with Gasteiger partial charge in [-0.15, -0.1) is 0 Å². The largest absolute Gasteiger partial charge is 0.309 e. The molecule has 0 aliphatic heterocycles. The number of carbonyl (C=O) groups excluding carboxylic acids is 1. The molecule has 0 N–H and O–H groups in total. The smallest absolute Gasteiger partial charge is 0.230 e. The second-order valence-corrected chi connectivity index (χ2v) is 8.24. The first-order chi connectivity index (χ1) is 10.8. The number of benzene rings is 1. The number of hydrogen-bond acceptors (Lipinski definition) is 1. The van der Waals surface area contributed by atoms with Crippen LogP contribution in [0, 0.1) is 29.6 Å². The summed E-state index contributed by atoms with van der Waals surface area (Å²) in [5, 5.41) is 0. The molecule has 5 saturated carbocycles. The van der Waals surface area contributed by atoms with Crippen LogP contribution < -0.4 is 4.90 Å². The number of amides is 1. The first-order valence-electron chi connectivity index (χ1n) is 9.17. The third-order valence-corrected chi connectivity index (χ3v) is 6.67. The fraction of sp³-hybridized carbons (Fsp3) is 0.650. The number of carbonyl (C=O) groups is 1. The predicted molar refractivity (Wildman–Crippen MR) is 87.5 cm³/mol. The molecule has 0 unspecified atom stereocenters. The maximum Gasteiger partial charge on any atom is 0.230 e. The Hall–Kier alpha value is -1.31. The highest BCUT2D eigenvalue weighted by Gasteiger charge is 2.52. The van der Waals surface area contributed by atoms with E-state index in [9.17, 15) is 4.79 Å². The van der Waals surface area contributed by atoms with Crippen molar-refractivity contribution < 1.29 is 4.79 Å². The molecule has 1 aromatic rings. The summed E-state index contributed by atoms with van der Waals surface area (Å²) >= 11 is 0. The standard InChI is InChI=1S/C20H25NO/c22-20(15-6-7-15)21(18-4-2-1-3-5-18)19-16-9-13-8-14(11-16)12-17(19)10-13/h1-5,13-17,19H,6-12H2. The van der Waals surface area contributed by atoms with E-state index in [1.165, 1.54) is 32.1 Å². The summed E-state index contributed by atoms with van der Waals surface area (Å²) in [5.74, 6) is 4.19. The van der Waals surface area contributed by atoms with Crippen LogP contribution in [0.4, 0.5) is 5.69 Å². The van der Waals surface area contributed by atoms with Gasteiger partial charge in [-0.25, -0.2) is 0 Å². The lowest BCUT2D eigenvalue weighted by molar-refractivity contribution is -0.122. The molecule has 22 heavy (non-hydrogen) atoms. The van der Waals surface area contributed by atoms with Crippen LogP contribution in [0.15, 0.2) is 30.3 Å². The average Bonchev–Trinajstić information content (AvgIpc) is 3.35. The van der Waals surface area contributed by atoms with Crippen LogP contribution in [-0.2, 0) is 4.79 Å². The molecule has 116 valence electrons. The Morgan fingerprint density at radius 1 is 0.864 bits per heavy atom. The molecule has 0 aromatic heterocycles. The van der Waals surface area contributed by atoms with Gasteiger partial charge in [0.2, 0.25) is 5.91 Å². The Labute approximate surface area is 132 Å².